The maximum absolute atomic E-state index is 11.0. The third kappa shape index (κ3) is 19.9. The second-order valence-electron chi connectivity index (χ2n) is 4.40. The van der Waals surface area contributed by atoms with Crippen molar-refractivity contribution in [3.05, 3.63) is 67.5 Å². The van der Waals surface area contributed by atoms with Crippen LogP contribution in [0.5, 0.6) is 5.75 Å². The van der Waals surface area contributed by atoms with E-state index in [1.807, 2.05) is 51.1 Å². The molecule has 1 aromatic carbocycles. The lowest BCUT2D eigenvalue weighted by Gasteiger charge is -2.06. The Morgan fingerprint density at radius 1 is 1.23 bits per heavy atom. The van der Waals surface area contributed by atoms with Crippen LogP contribution in [0.2, 0.25) is 0 Å². The van der Waals surface area contributed by atoms with E-state index in [-0.39, 0.29) is 27.4 Å². The van der Waals surface area contributed by atoms with Gasteiger partial charge in [0.2, 0.25) is 9.03 Å². The van der Waals surface area contributed by atoms with E-state index in [2.05, 4.69) is 13.2 Å². The first-order valence-electron chi connectivity index (χ1n) is 8.51. The summed E-state index contributed by atoms with van der Waals surface area (Å²) in [5.41, 5.74) is 0. The average molecular weight is 382 g/mol. The molecule has 146 valence electrons. The number of para-hydroxylation sites is 1. The molecule has 0 saturated carbocycles. The summed E-state index contributed by atoms with van der Waals surface area (Å²) in [6, 6.07) is 9.43. The van der Waals surface area contributed by atoms with E-state index in [1.54, 1.807) is 12.2 Å². The van der Waals surface area contributed by atoms with Crippen molar-refractivity contribution in [1.82, 2.24) is 0 Å². The molecule has 1 aromatic rings. The fraction of sp³-hybridized carbons (Fsp3) is 0.350. The highest BCUT2D eigenvalue weighted by Gasteiger charge is 1.99. The molecule has 0 heterocycles. The molecule has 0 bridgehead atoms. The maximum Gasteiger partial charge on any atom is 0.305 e. The van der Waals surface area contributed by atoms with Crippen LogP contribution in [-0.4, -0.2) is 24.3 Å². The zero-order valence-electron chi connectivity index (χ0n) is 15.9. The number of carbonyl (C=O) groups excluding carboxylic acids is 1. The van der Waals surface area contributed by atoms with Gasteiger partial charge in [-0.2, -0.15) is 0 Å². The number of allylic oxidation sites excluding steroid dienone is 3. The molecule has 0 aliphatic heterocycles. The number of aliphatic hydroxyl groups is 1. The summed E-state index contributed by atoms with van der Waals surface area (Å²) in [7, 11) is -0.0773. The summed E-state index contributed by atoms with van der Waals surface area (Å²) in [6.45, 7) is 13.2. The molecule has 5 nitrogen and oxygen atoms in total. The third-order valence-electron chi connectivity index (χ3n) is 2.29. The van der Waals surface area contributed by atoms with E-state index in [0.717, 1.165) is 12.2 Å². The summed E-state index contributed by atoms with van der Waals surface area (Å²) >= 11 is 0. The third-order valence-corrected chi connectivity index (χ3v) is 2.93. The van der Waals surface area contributed by atoms with Gasteiger partial charge >= 0.3 is 5.97 Å². The Bertz CT molecular complexity index is 500. The Labute approximate surface area is 159 Å². The second-order valence-corrected chi connectivity index (χ2v) is 5.06. The Hall–Kier alpha value is -2.10. The van der Waals surface area contributed by atoms with E-state index < -0.39 is 0 Å². The topological polar surface area (TPSA) is 65.0 Å². The van der Waals surface area contributed by atoms with E-state index in [9.17, 15) is 4.79 Å². The molecule has 0 saturated heterocycles. The van der Waals surface area contributed by atoms with Gasteiger partial charge in [-0.1, -0.05) is 64.3 Å². The zero-order valence-corrected chi connectivity index (χ0v) is 16.9. The molecular weight excluding hydrogens is 351 g/mol. The highest BCUT2D eigenvalue weighted by Crippen LogP contribution is 2.20. The Morgan fingerprint density at radius 2 is 1.88 bits per heavy atom. The first-order chi connectivity index (χ1) is 12.6. The lowest BCUT2D eigenvalue weighted by atomic mass is 10.3. The van der Waals surface area contributed by atoms with Crippen LogP contribution in [0.1, 0.15) is 33.6 Å². The highest BCUT2D eigenvalue weighted by molar-refractivity contribution is 7.26. The molecule has 26 heavy (non-hydrogen) atoms. The molecule has 6 heteroatoms. The zero-order chi connectivity index (χ0) is 20.0. The summed E-state index contributed by atoms with van der Waals surface area (Å²) in [5, 5.41) is 8.35. The molecule has 1 N–H and O–H groups in total. The molecule has 0 fully saturated rings. The van der Waals surface area contributed by atoms with Gasteiger partial charge in [-0.15, -0.1) is 0 Å². The maximum atomic E-state index is 11.0. The molecule has 1 atom stereocenters. The average Bonchev–Trinajstić information content (AvgIpc) is 2.66. The molecule has 0 aliphatic rings. The minimum absolute atomic E-state index is 0.0555. The quantitative estimate of drug-likeness (QED) is 0.183. The van der Waals surface area contributed by atoms with Gasteiger partial charge in [-0.25, -0.2) is 0 Å². The number of hydrogen-bond acceptors (Lipinski definition) is 5. The van der Waals surface area contributed by atoms with Crippen molar-refractivity contribution in [3.8, 4) is 5.75 Å². The minimum atomic E-state index is -0.177. The SMILES string of the molecule is C=C/C=C\C(=C)O.CC.CCCC(=O)OCCOPOc1ccccc1. The second kappa shape index (κ2) is 20.9. The lowest BCUT2D eigenvalue weighted by Crippen LogP contribution is -2.08. The Morgan fingerprint density at radius 3 is 2.38 bits per heavy atom. The molecule has 1 rings (SSSR count). The first kappa shape index (κ1) is 26.1. The van der Waals surface area contributed by atoms with Crippen LogP contribution in [0.25, 0.3) is 0 Å². The number of ether oxygens (including phenoxy) is 1. The molecule has 0 aromatic heterocycles. The fourth-order valence-electron chi connectivity index (χ4n) is 1.26. The number of hydrogen-bond donors (Lipinski definition) is 1. The largest absolute Gasteiger partial charge is 0.509 e. The van der Waals surface area contributed by atoms with Gasteiger partial charge in [0.25, 0.3) is 0 Å². The summed E-state index contributed by atoms with van der Waals surface area (Å²) < 4.78 is 15.4. The molecule has 0 spiro atoms. The van der Waals surface area contributed by atoms with E-state index in [4.69, 9.17) is 18.9 Å². The minimum Gasteiger partial charge on any atom is -0.509 e. The van der Waals surface area contributed by atoms with Gasteiger partial charge in [-0.3, -0.25) is 4.79 Å². The fourth-order valence-corrected chi connectivity index (χ4v) is 1.72. The Balaban J connectivity index is 0. The van der Waals surface area contributed by atoms with E-state index in [0.29, 0.717) is 13.0 Å². The number of esters is 1. The standard InChI is InChI=1S/C12H17O4P.C6H8O.C2H6/c1-2-6-12(13)14-9-10-15-17-16-11-7-4-3-5-8-11;1-3-4-5-6(2)7;1-2/h3-5,7-8,17H,2,6,9-10H2,1H3;3-5,7H,1-2H2;1-2H3/b;5-4-;. The number of rotatable bonds is 10. The van der Waals surface area contributed by atoms with Gasteiger partial charge < -0.3 is 18.9 Å². The van der Waals surface area contributed by atoms with Crippen LogP contribution in [0.3, 0.4) is 0 Å². The molecule has 0 aliphatic carbocycles. The first-order valence-corrected chi connectivity index (χ1v) is 9.33. The lowest BCUT2D eigenvalue weighted by molar-refractivity contribution is -0.144. The highest BCUT2D eigenvalue weighted by atomic mass is 31.1. The number of benzene rings is 1. The molecular formula is C20H31O5P. The monoisotopic (exact) mass is 382 g/mol. The van der Waals surface area contributed by atoms with Crippen LogP contribution < -0.4 is 4.52 Å². The van der Waals surface area contributed by atoms with Crippen molar-refractivity contribution in [3.63, 3.8) is 0 Å². The molecule has 1 unspecified atom stereocenters. The van der Waals surface area contributed by atoms with Crippen LogP contribution in [-0.2, 0) is 14.1 Å². The van der Waals surface area contributed by atoms with Gasteiger partial charge in [-0.05, 0) is 24.6 Å². The summed E-state index contributed by atoms with van der Waals surface area (Å²) in [6.07, 6.45) is 5.91. The van der Waals surface area contributed by atoms with E-state index in [1.165, 1.54) is 6.08 Å². The normalized spacial score (nSPS) is 9.65. The van der Waals surface area contributed by atoms with Crippen LogP contribution in [0.4, 0.5) is 0 Å². The number of aliphatic hydroxyl groups excluding tert-OH is 1. The predicted molar refractivity (Wildman–Crippen MR) is 110 cm³/mol. The number of carbonyl (C=O) groups is 1. The summed E-state index contributed by atoms with van der Waals surface area (Å²) in [5.74, 6) is 0.650. The van der Waals surface area contributed by atoms with Crippen LogP contribution in [0.15, 0.2) is 67.5 Å². The van der Waals surface area contributed by atoms with Gasteiger partial charge in [0, 0.05) is 6.42 Å². The predicted octanol–water partition coefficient (Wildman–Crippen LogP) is 5.76. The van der Waals surface area contributed by atoms with Crippen molar-refractivity contribution >= 4 is 15.0 Å². The van der Waals surface area contributed by atoms with Gasteiger partial charge in [0.05, 0.1) is 6.61 Å². The van der Waals surface area contributed by atoms with Crippen molar-refractivity contribution < 1.29 is 23.7 Å². The van der Waals surface area contributed by atoms with Gasteiger partial charge in [0.15, 0.2) is 0 Å². The van der Waals surface area contributed by atoms with Crippen molar-refractivity contribution in [1.29, 1.82) is 0 Å². The summed E-state index contributed by atoms with van der Waals surface area (Å²) in [4.78, 5) is 11.0. The van der Waals surface area contributed by atoms with Crippen molar-refractivity contribution in [2.45, 2.75) is 33.6 Å². The van der Waals surface area contributed by atoms with E-state index >= 15 is 0 Å². The molecule has 0 radical (unpaired) electrons. The van der Waals surface area contributed by atoms with Gasteiger partial charge in [0.1, 0.15) is 18.1 Å². The Kier molecular flexibility index (Phi) is 21.1. The smallest absolute Gasteiger partial charge is 0.305 e. The van der Waals surface area contributed by atoms with Crippen LogP contribution >= 0.6 is 9.03 Å². The molecule has 0 amide bonds. The van der Waals surface area contributed by atoms with Crippen molar-refractivity contribution in [2.75, 3.05) is 13.2 Å². The van der Waals surface area contributed by atoms with Crippen LogP contribution in [0, 0.1) is 0 Å². The van der Waals surface area contributed by atoms with Crippen molar-refractivity contribution in [2.24, 2.45) is 0 Å².